The van der Waals surface area contributed by atoms with Crippen LogP contribution < -0.4 is 5.32 Å². The first-order valence-corrected chi connectivity index (χ1v) is 6.93. The lowest BCUT2D eigenvalue weighted by atomic mass is 10.1. The van der Waals surface area contributed by atoms with Crippen LogP contribution in [0.15, 0.2) is 4.42 Å². The van der Waals surface area contributed by atoms with Crippen molar-refractivity contribution in [1.82, 2.24) is 15.5 Å². The zero-order chi connectivity index (χ0) is 12.8. The average Bonchev–Trinajstić information content (AvgIpc) is 2.84. The van der Waals surface area contributed by atoms with E-state index in [0.717, 1.165) is 44.7 Å². The standard InChI is InChI=1S/C13H23N3O2/c1-10(2)14-8-5-7-12-15-16-13(18-12)11-6-3-4-9-17-11/h10-11,14H,3-9H2,1-2H3. The molecule has 1 fully saturated rings. The van der Waals surface area contributed by atoms with Crippen LogP contribution in [-0.4, -0.2) is 29.4 Å². The topological polar surface area (TPSA) is 60.2 Å². The van der Waals surface area contributed by atoms with Gasteiger partial charge in [0.05, 0.1) is 0 Å². The number of rotatable bonds is 6. The minimum atomic E-state index is 0.0220. The molecule has 0 amide bonds. The van der Waals surface area contributed by atoms with E-state index < -0.39 is 0 Å². The molecule has 0 spiro atoms. The van der Waals surface area contributed by atoms with Gasteiger partial charge in [0.2, 0.25) is 11.8 Å². The predicted octanol–water partition coefficient (Wildman–Crippen LogP) is 2.24. The lowest BCUT2D eigenvalue weighted by Gasteiger charge is -2.18. The summed E-state index contributed by atoms with van der Waals surface area (Å²) < 4.78 is 11.3. The second kappa shape index (κ2) is 6.85. The van der Waals surface area contributed by atoms with Crippen molar-refractivity contribution in [3.63, 3.8) is 0 Å². The van der Waals surface area contributed by atoms with Gasteiger partial charge in [0.15, 0.2) is 0 Å². The maximum Gasteiger partial charge on any atom is 0.245 e. The van der Waals surface area contributed by atoms with Crippen LogP contribution in [-0.2, 0) is 11.2 Å². The smallest absolute Gasteiger partial charge is 0.245 e. The van der Waals surface area contributed by atoms with E-state index in [0.29, 0.717) is 11.9 Å². The lowest BCUT2D eigenvalue weighted by Crippen LogP contribution is -2.23. The van der Waals surface area contributed by atoms with Gasteiger partial charge in [-0.1, -0.05) is 13.8 Å². The third-order valence-electron chi connectivity index (χ3n) is 3.06. The van der Waals surface area contributed by atoms with E-state index >= 15 is 0 Å². The van der Waals surface area contributed by atoms with Gasteiger partial charge in [-0.25, -0.2) is 0 Å². The highest BCUT2D eigenvalue weighted by Crippen LogP contribution is 2.26. The lowest BCUT2D eigenvalue weighted by molar-refractivity contribution is -0.00211. The predicted molar refractivity (Wildman–Crippen MR) is 68.3 cm³/mol. The zero-order valence-electron chi connectivity index (χ0n) is 11.3. The Bertz CT molecular complexity index is 346. The Balaban J connectivity index is 1.75. The molecule has 5 nitrogen and oxygen atoms in total. The van der Waals surface area contributed by atoms with Crippen LogP contribution >= 0.6 is 0 Å². The second-order valence-electron chi connectivity index (χ2n) is 5.10. The molecule has 0 bridgehead atoms. The van der Waals surface area contributed by atoms with E-state index in [1.165, 1.54) is 6.42 Å². The van der Waals surface area contributed by atoms with Crippen LogP contribution in [0.5, 0.6) is 0 Å². The molecule has 1 aliphatic heterocycles. The number of nitrogens with one attached hydrogen (secondary N) is 1. The van der Waals surface area contributed by atoms with Gasteiger partial charge in [-0.05, 0) is 32.2 Å². The first-order chi connectivity index (χ1) is 8.75. The van der Waals surface area contributed by atoms with Crippen molar-refractivity contribution in [1.29, 1.82) is 0 Å². The van der Waals surface area contributed by atoms with E-state index in [4.69, 9.17) is 9.15 Å². The Labute approximate surface area is 108 Å². The Morgan fingerprint density at radius 3 is 2.94 bits per heavy atom. The number of aromatic nitrogens is 2. The fourth-order valence-electron chi connectivity index (χ4n) is 2.06. The molecule has 1 saturated heterocycles. The fraction of sp³-hybridized carbons (Fsp3) is 0.846. The molecule has 1 aliphatic rings. The first-order valence-electron chi connectivity index (χ1n) is 6.93. The van der Waals surface area contributed by atoms with Crippen molar-refractivity contribution in [2.24, 2.45) is 0 Å². The molecule has 1 atom stereocenters. The summed E-state index contributed by atoms with van der Waals surface area (Å²) in [6.45, 7) is 6.08. The van der Waals surface area contributed by atoms with Gasteiger partial charge in [-0.2, -0.15) is 0 Å². The van der Waals surface area contributed by atoms with E-state index in [1.807, 2.05) is 0 Å². The number of aryl methyl sites for hydroxylation is 1. The van der Waals surface area contributed by atoms with Gasteiger partial charge in [0.1, 0.15) is 6.10 Å². The van der Waals surface area contributed by atoms with E-state index in [9.17, 15) is 0 Å². The molecule has 1 aromatic rings. The number of nitrogens with zero attached hydrogens (tertiary/aromatic N) is 2. The van der Waals surface area contributed by atoms with Gasteiger partial charge >= 0.3 is 0 Å². The summed E-state index contributed by atoms with van der Waals surface area (Å²) in [4.78, 5) is 0. The summed E-state index contributed by atoms with van der Waals surface area (Å²) in [6, 6.07) is 0.527. The van der Waals surface area contributed by atoms with Gasteiger partial charge in [0, 0.05) is 19.1 Å². The number of ether oxygens (including phenoxy) is 1. The summed E-state index contributed by atoms with van der Waals surface area (Å²) in [7, 11) is 0. The zero-order valence-corrected chi connectivity index (χ0v) is 11.3. The normalized spacial score (nSPS) is 20.5. The average molecular weight is 253 g/mol. The SMILES string of the molecule is CC(C)NCCCc1nnc(C2CCCCO2)o1. The molecule has 102 valence electrons. The maximum atomic E-state index is 5.66. The van der Waals surface area contributed by atoms with Crippen LogP contribution in [0.3, 0.4) is 0 Å². The quantitative estimate of drug-likeness (QED) is 0.788. The molecule has 2 heterocycles. The van der Waals surface area contributed by atoms with Crippen molar-refractivity contribution in [3.05, 3.63) is 11.8 Å². The van der Waals surface area contributed by atoms with Crippen LogP contribution in [0.25, 0.3) is 0 Å². The van der Waals surface area contributed by atoms with Crippen LogP contribution in [0.4, 0.5) is 0 Å². The third-order valence-corrected chi connectivity index (χ3v) is 3.06. The summed E-state index contributed by atoms with van der Waals surface area (Å²) in [5, 5.41) is 11.5. The van der Waals surface area contributed by atoms with Gasteiger partial charge in [0.25, 0.3) is 0 Å². The molecule has 1 unspecified atom stereocenters. The van der Waals surface area contributed by atoms with Crippen LogP contribution in [0, 0.1) is 0 Å². The molecule has 1 N–H and O–H groups in total. The molecule has 0 saturated carbocycles. The van der Waals surface area contributed by atoms with Crippen molar-refractivity contribution < 1.29 is 9.15 Å². The monoisotopic (exact) mass is 253 g/mol. The molecule has 0 aromatic carbocycles. The Kier molecular flexibility index (Phi) is 5.13. The molecule has 1 aromatic heterocycles. The highest BCUT2D eigenvalue weighted by Gasteiger charge is 2.21. The summed E-state index contributed by atoms with van der Waals surface area (Å²) in [5.74, 6) is 1.38. The molecule has 18 heavy (non-hydrogen) atoms. The number of hydrogen-bond acceptors (Lipinski definition) is 5. The largest absolute Gasteiger partial charge is 0.422 e. The Hall–Kier alpha value is -0.940. The highest BCUT2D eigenvalue weighted by molar-refractivity contribution is 4.88. The first kappa shape index (κ1) is 13.5. The van der Waals surface area contributed by atoms with Crippen molar-refractivity contribution in [2.45, 2.75) is 58.1 Å². The second-order valence-corrected chi connectivity index (χ2v) is 5.10. The molecule has 0 aliphatic carbocycles. The number of hydrogen-bond donors (Lipinski definition) is 1. The molecule has 0 radical (unpaired) electrons. The van der Waals surface area contributed by atoms with Crippen molar-refractivity contribution in [3.8, 4) is 0 Å². The van der Waals surface area contributed by atoms with Crippen LogP contribution in [0.2, 0.25) is 0 Å². The van der Waals surface area contributed by atoms with E-state index in [1.54, 1.807) is 0 Å². The van der Waals surface area contributed by atoms with Crippen molar-refractivity contribution in [2.75, 3.05) is 13.2 Å². The summed E-state index contributed by atoms with van der Waals surface area (Å²) in [6.07, 6.45) is 5.19. The molecular formula is C13H23N3O2. The molecular weight excluding hydrogens is 230 g/mol. The minimum Gasteiger partial charge on any atom is -0.422 e. The molecule has 5 heteroatoms. The maximum absolute atomic E-state index is 5.66. The summed E-state index contributed by atoms with van der Waals surface area (Å²) >= 11 is 0. The van der Waals surface area contributed by atoms with Crippen LogP contribution in [0.1, 0.15) is 57.4 Å². The Morgan fingerprint density at radius 2 is 2.22 bits per heavy atom. The van der Waals surface area contributed by atoms with E-state index in [2.05, 4.69) is 29.4 Å². The van der Waals surface area contributed by atoms with Gasteiger partial charge < -0.3 is 14.5 Å². The fourth-order valence-corrected chi connectivity index (χ4v) is 2.06. The van der Waals surface area contributed by atoms with E-state index in [-0.39, 0.29) is 6.10 Å². The van der Waals surface area contributed by atoms with Gasteiger partial charge in [-0.3, -0.25) is 0 Å². The molecule has 2 rings (SSSR count). The Morgan fingerprint density at radius 1 is 1.33 bits per heavy atom. The van der Waals surface area contributed by atoms with Crippen molar-refractivity contribution >= 4 is 0 Å². The highest BCUT2D eigenvalue weighted by atomic mass is 16.5. The van der Waals surface area contributed by atoms with Gasteiger partial charge in [-0.15, -0.1) is 10.2 Å². The summed E-state index contributed by atoms with van der Waals surface area (Å²) in [5.41, 5.74) is 0. The minimum absolute atomic E-state index is 0.0220. The third kappa shape index (κ3) is 4.07.